The van der Waals surface area contributed by atoms with Crippen molar-refractivity contribution in [2.24, 2.45) is 0 Å². The van der Waals surface area contributed by atoms with Crippen LogP contribution in [0.5, 0.6) is 0 Å². The molecule has 0 spiro atoms. The first-order valence-electron chi connectivity index (χ1n) is 16.8. The Morgan fingerprint density at radius 3 is 2.51 bits per heavy atom. The van der Waals surface area contributed by atoms with Crippen molar-refractivity contribution in [3.05, 3.63) is 64.9 Å². The van der Waals surface area contributed by atoms with E-state index in [2.05, 4.69) is 32.4 Å². The molecule has 51 heavy (non-hydrogen) atoms. The number of nitrogens with one attached hydrogen (secondary N) is 2. The second-order valence-corrected chi connectivity index (χ2v) is 19.5. The number of sulfonamides is 1. The molecule has 1 fully saturated rings. The Bertz CT molecular complexity index is 1800. The second kappa shape index (κ2) is 17.4. The molecule has 1 atom stereocenters. The molecule has 2 aliphatic heterocycles. The van der Waals surface area contributed by atoms with Crippen LogP contribution in [0.3, 0.4) is 0 Å². The third kappa shape index (κ3) is 9.73. The van der Waals surface area contributed by atoms with Crippen LogP contribution in [0, 0.1) is 11.6 Å². The van der Waals surface area contributed by atoms with Crippen LogP contribution in [-0.2, 0) is 37.2 Å². The summed E-state index contributed by atoms with van der Waals surface area (Å²) in [6, 6.07) is 8.00. The minimum atomic E-state index is -4.37. The van der Waals surface area contributed by atoms with E-state index in [0.717, 1.165) is 45.7 Å². The van der Waals surface area contributed by atoms with Gasteiger partial charge in [0.15, 0.2) is 0 Å². The van der Waals surface area contributed by atoms with Crippen LogP contribution in [0.4, 0.5) is 25.1 Å². The Kier molecular flexibility index (Phi) is 13.3. The summed E-state index contributed by atoms with van der Waals surface area (Å²) in [7, 11) is -0.281. The number of hydrogen-bond acceptors (Lipinski definition) is 10. The van der Waals surface area contributed by atoms with E-state index in [1.54, 1.807) is 6.07 Å². The van der Waals surface area contributed by atoms with Gasteiger partial charge < -0.3 is 4.74 Å². The van der Waals surface area contributed by atoms with Gasteiger partial charge in [-0.05, 0) is 19.1 Å². The van der Waals surface area contributed by atoms with Crippen LogP contribution < -0.4 is 15.0 Å². The zero-order valence-electron chi connectivity index (χ0n) is 29.3. The Morgan fingerprint density at radius 1 is 1.10 bits per heavy atom. The maximum atomic E-state index is 14.1. The molecule has 5 rings (SSSR count). The van der Waals surface area contributed by atoms with Crippen molar-refractivity contribution >= 4 is 52.5 Å². The molecule has 1 aromatic heterocycles. The van der Waals surface area contributed by atoms with Gasteiger partial charge in [-0.2, -0.15) is 0 Å². The number of aromatic nitrogens is 2. The number of benzene rings is 2. The molecule has 1 saturated heterocycles. The van der Waals surface area contributed by atoms with Crippen LogP contribution in [-0.4, -0.2) is 120 Å². The summed E-state index contributed by atoms with van der Waals surface area (Å²) in [6.07, 6.45) is 0.750. The Morgan fingerprint density at radius 2 is 1.82 bits per heavy atom. The van der Waals surface area contributed by atoms with Crippen molar-refractivity contribution in [1.82, 2.24) is 19.0 Å². The van der Waals surface area contributed by atoms with Gasteiger partial charge >= 0.3 is 239 Å². The van der Waals surface area contributed by atoms with E-state index in [1.165, 1.54) is 4.35 Å². The van der Waals surface area contributed by atoms with E-state index >= 15 is 0 Å². The molecule has 278 valence electrons. The van der Waals surface area contributed by atoms with E-state index in [9.17, 15) is 26.8 Å². The first kappa shape index (κ1) is 38.8. The fraction of sp³-hybridized carbons (Fsp3) is 0.500. The molecule has 13 nitrogen and oxygen atoms in total. The van der Waals surface area contributed by atoms with Crippen molar-refractivity contribution < 1.29 is 41.0 Å². The summed E-state index contributed by atoms with van der Waals surface area (Å²) in [4.78, 5) is 28.9. The molecule has 2 N–H and O–H groups in total. The number of hydrogen-bond donors (Lipinski definition) is 2. The zero-order chi connectivity index (χ0) is 36.7. The third-order valence-electron chi connectivity index (χ3n) is 8.71. The Hall–Kier alpha value is -3.40. The standard InChI is InChI=1S/C34H45AsF2N6O7S/c1-5-48-16-17-50-34(45)43-31-8-12-42(51(46,47)27-20-24(36)19-25(37)21-27)22-29(31)32(40-43)39-33(44)28-7-6-23(35(2)11-13-41(3)4)18-30(28)38-26-9-14-49-15-10-26/h6-7,18-21,26,38H,5,8-17,22H2,1-4H3,(H,39,40,44). The number of ether oxygens (including phenoxy) is 3. The summed E-state index contributed by atoms with van der Waals surface area (Å²) >= 11 is -1.42. The molecule has 0 saturated carbocycles. The van der Waals surface area contributed by atoms with Crippen LogP contribution in [0.2, 0.25) is 10.9 Å². The summed E-state index contributed by atoms with van der Waals surface area (Å²) in [6.45, 7) is 4.12. The van der Waals surface area contributed by atoms with Gasteiger partial charge in [0, 0.05) is 12.7 Å². The molecule has 2 aliphatic rings. The first-order chi connectivity index (χ1) is 24.4. The molecule has 0 radical (unpaired) electrons. The minimum absolute atomic E-state index is 0.0107. The van der Waals surface area contributed by atoms with Crippen LogP contribution >= 0.6 is 0 Å². The van der Waals surface area contributed by atoms with Gasteiger partial charge in [-0.25, -0.2) is 8.78 Å². The average molecular weight is 795 g/mol. The third-order valence-corrected chi connectivity index (χ3v) is 14.8. The van der Waals surface area contributed by atoms with E-state index in [1.807, 2.05) is 27.1 Å². The molecular weight excluding hydrogens is 749 g/mol. The summed E-state index contributed by atoms with van der Waals surface area (Å²) < 4.78 is 74.6. The molecule has 3 heterocycles. The van der Waals surface area contributed by atoms with Gasteiger partial charge in [0.25, 0.3) is 0 Å². The average Bonchev–Trinajstić information content (AvgIpc) is 3.46. The van der Waals surface area contributed by atoms with Crippen molar-refractivity contribution in [2.75, 3.05) is 70.9 Å². The molecule has 1 amide bonds. The summed E-state index contributed by atoms with van der Waals surface area (Å²) in [5.74, 6) is -2.61. The SMILES string of the molecule is CCOCCOC(=O)n1nc(NC(=O)c2ccc([As](C)CCN(C)C)cc2NC2CCOCC2)c2c1CCN(S(=O)(=O)c1cc(F)cc(F)c1)C2. The van der Waals surface area contributed by atoms with Gasteiger partial charge in [0.05, 0.1) is 6.61 Å². The van der Waals surface area contributed by atoms with Crippen molar-refractivity contribution in [3.63, 3.8) is 0 Å². The summed E-state index contributed by atoms with van der Waals surface area (Å²) in [5.41, 5.74) is 3.93. The summed E-state index contributed by atoms with van der Waals surface area (Å²) in [5, 5.41) is 11.9. The molecule has 0 aliphatic carbocycles. The maximum absolute atomic E-state index is 14.1. The normalized spacial score (nSPS) is 16.1. The monoisotopic (exact) mass is 794 g/mol. The number of nitrogens with zero attached hydrogens (tertiary/aromatic N) is 4. The van der Waals surface area contributed by atoms with E-state index in [-0.39, 0.29) is 50.1 Å². The molecule has 0 bridgehead atoms. The molecular formula is C34H45AsF2N6O7S. The fourth-order valence-electron chi connectivity index (χ4n) is 5.87. The van der Waals surface area contributed by atoms with Crippen LogP contribution in [0.15, 0.2) is 41.3 Å². The second-order valence-electron chi connectivity index (χ2n) is 12.6. The van der Waals surface area contributed by atoms with Gasteiger partial charge in [0.2, 0.25) is 0 Å². The van der Waals surface area contributed by atoms with Crippen molar-refractivity contribution in [2.45, 2.75) is 54.6 Å². The topological polar surface area (TPSA) is 144 Å². The Labute approximate surface area is 301 Å². The number of carbonyl (C=O) groups excluding carboxylic acids is 2. The van der Waals surface area contributed by atoms with Gasteiger partial charge in [-0.15, -0.1) is 0 Å². The number of halogens is 2. The Balaban J connectivity index is 1.47. The van der Waals surface area contributed by atoms with E-state index < -0.39 is 53.2 Å². The predicted molar refractivity (Wildman–Crippen MR) is 190 cm³/mol. The van der Waals surface area contributed by atoms with E-state index in [0.29, 0.717) is 42.8 Å². The molecule has 2 aromatic carbocycles. The quantitative estimate of drug-likeness (QED) is 0.183. The van der Waals surface area contributed by atoms with Crippen LogP contribution in [0.25, 0.3) is 0 Å². The molecule has 3 aromatic rings. The van der Waals surface area contributed by atoms with Gasteiger partial charge in [0.1, 0.15) is 11.6 Å². The first-order valence-corrected chi connectivity index (χ1v) is 22.4. The van der Waals surface area contributed by atoms with Crippen LogP contribution in [0.1, 0.15) is 41.4 Å². The van der Waals surface area contributed by atoms with E-state index in [4.69, 9.17) is 14.2 Å². The van der Waals surface area contributed by atoms with Crippen molar-refractivity contribution in [1.29, 1.82) is 0 Å². The molecule has 17 heteroatoms. The molecule has 1 unspecified atom stereocenters. The number of rotatable bonds is 14. The number of anilines is 2. The number of amides is 1. The van der Waals surface area contributed by atoms with Gasteiger partial charge in [-0.3, -0.25) is 0 Å². The zero-order valence-corrected chi connectivity index (χ0v) is 32.0. The van der Waals surface area contributed by atoms with Crippen molar-refractivity contribution in [3.8, 4) is 0 Å². The van der Waals surface area contributed by atoms with Gasteiger partial charge in [-0.1, -0.05) is 0 Å². The number of carbonyl (C=O) groups is 2. The number of fused-ring (bicyclic) bond motifs is 1. The fourth-order valence-corrected chi connectivity index (χ4v) is 10.8. The predicted octanol–water partition coefficient (Wildman–Crippen LogP) is 3.67.